The molecular weight excluding hydrogens is 264 g/mol. The maximum atomic E-state index is 12.2. The molecule has 112 valence electrons. The zero-order chi connectivity index (χ0) is 15.1. The lowest BCUT2D eigenvalue weighted by Crippen LogP contribution is -2.25. The molecule has 0 fully saturated rings. The van der Waals surface area contributed by atoms with Crippen LogP contribution in [-0.4, -0.2) is 22.9 Å². The van der Waals surface area contributed by atoms with Crippen molar-refractivity contribution in [1.29, 1.82) is 0 Å². The number of amides is 1. The van der Waals surface area contributed by atoms with Gasteiger partial charge in [0, 0.05) is 31.0 Å². The number of unbranched alkanes of at least 4 members (excludes halogenated alkanes) is 2. The lowest BCUT2D eigenvalue weighted by Gasteiger charge is -2.06. The molecule has 4 heteroatoms. The lowest BCUT2D eigenvalue weighted by atomic mass is 10.2. The van der Waals surface area contributed by atoms with Crippen LogP contribution in [0.25, 0.3) is 10.9 Å². The zero-order valence-electron chi connectivity index (χ0n) is 12.5. The van der Waals surface area contributed by atoms with Gasteiger partial charge in [0.1, 0.15) is 0 Å². The predicted octanol–water partition coefficient (Wildman–Crippen LogP) is 3.37. The molecular formula is C17H22N2O2. The fourth-order valence-electron chi connectivity index (χ4n) is 2.33. The summed E-state index contributed by atoms with van der Waals surface area (Å²) in [6.07, 6.45) is 5.50. The van der Waals surface area contributed by atoms with Gasteiger partial charge in [0.2, 0.25) is 11.8 Å². The second-order valence-corrected chi connectivity index (χ2v) is 5.20. The zero-order valence-corrected chi connectivity index (χ0v) is 12.5. The highest BCUT2D eigenvalue weighted by molar-refractivity contribution is 5.93. The summed E-state index contributed by atoms with van der Waals surface area (Å²) in [5.74, 6) is -0.0872. The van der Waals surface area contributed by atoms with Crippen molar-refractivity contribution < 1.29 is 9.59 Å². The molecule has 0 bridgehead atoms. The highest BCUT2D eigenvalue weighted by atomic mass is 16.2. The van der Waals surface area contributed by atoms with E-state index in [1.807, 2.05) is 30.3 Å². The van der Waals surface area contributed by atoms with Crippen LogP contribution in [0.15, 0.2) is 36.5 Å². The van der Waals surface area contributed by atoms with Gasteiger partial charge in [-0.05, 0) is 18.6 Å². The van der Waals surface area contributed by atoms with E-state index >= 15 is 0 Å². The van der Waals surface area contributed by atoms with Gasteiger partial charge in [-0.1, -0.05) is 38.0 Å². The Bertz CT molecular complexity index is 616. The largest absolute Gasteiger partial charge is 0.356 e. The first-order valence-corrected chi connectivity index (χ1v) is 7.58. The van der Waals surface area contributed by atoms with Crippen molar-refractivity contribution >= 4 is 22.7 Å². The number of rotatable bonds is 7. The quantitative estimate of drug-likeness (QED) is 0.793. The highest BCUT2D eigenvalue weighted by Crippen LogP contribution is 2.15. The summed E-state index contributed by atoms with van der Waals surface area (Å²) < 4.78 is 1.62. The van der Waals surface area contributed by atoms with E-state index in [9.17, 15) is 9.59 Å². The third kappa shape index (κ3) is 4.18. The van der Waals surface area contributed by atoms with E-state index in [2.05, 4.69) is 12.2 Å². The Morgan fingerprint density at radius 2 is 1.90 bits per heavy atom. The van der Waals surface area contributed by atoms with Crippen LogP contribution in [0.2, 0.25) is 0 Å². The summed E-state index contributed by atoms with van der Waals surface area (Å²) in [7, 11) is 0. The molecule has 1 aromatic carbocycles. The molecule has 1 N–H and O–H groups in total. The van der Waals surface area contributed by atoms with Gasteiger partial charge in [-0.3, -0.25) is 14.2 Å². The van der Waals surface area contributed by atoms with Crippen LogP contribution in [0.5, 0.6) is 0 Å². The number of carbonyl (C=O) groups excluding carboxylic acids is 2. The average Bonchev–Trinajstić information content (AvgIpc) is 2.93. The van der Waals surface area contributed by atoms with Gasteiger partial charge in [0.25, 0.3) is 0 Å². The number of carbonyl (C=O) groups is 2. The van der Waals surface area contributed by atoms with Crippen molar-refractivity contribution in [1.82, 2.24) is 9.88 Å². The van der Waals surface area contributed by atoms with Crippen molar-refractivity contribution in [3.05, 3.63) is 36.5 Å². The molecule has 0 aliphatic heterocycles. The smallest absolute Gasteiger partial charge is 0.231 e. The number of para-hydroxylation sites is 1. The number of nitrogens with one attached hydrogen (secondary N) is 1. The Morgan fingerprint density at radius 1 is 1.10 bits per heavy atom. The van der Waals surface area contributed by atoms with E-state index < -0.39 is 0 Å². The van der Waals surface area contributed by atoms with Gasteiger partial charge in [-0.15, -0.1) is 0 Å². The molecule has 0 radical (unpaired) electrons. The Morgan fingerprint density at radius 3 is 2.71 bits per heavy atom. The third-order valence-electron chi connectivity index (χ3n) is 3.54. The second kappa shape index (κ2) is 7.62. The van der Waals surface area contributed by atoms with E-state index in [0.717, 1.165) is 30.2 Å². The molecule has 1 aromatic heterocycles. The van der Waals surface area contributed by atoms with E-state index in [1.165, 1.54) is 0 Å². The monoisotopic (exact) mass is 286 g/mol. The normalized spacial score (nSPS) is 10.7. The van der Waals surface area contributed by atoms with Gasteiger partial charge in [-0.2, -0.15) is 0 Å². The SMILES string of the molecule is CCCCCNC(=O)CCC(=O)n1ccc2ccccc21. The molecule has 0 aliphatic carbocycles. The van der Waals surface area contributed by atoms with Crippen molar-refractivity contribution in [2.45, 2.75) is 39.0 Å². The Hall–Kier alpha value is -2.10. The molecule has 1 heterocycles. The van der Waals surface area contributed by atoms with E-state index in [-0.39, 0.29) is 24.7 Å². The average molecular weight is 286 g/mol. The van der Waals surface area contributed by atoms with Crippen LogP contribution in [0, 0.1) is 0 Å². The predicted molar refractivity (Wildman–Crippen MR) is 84.3 cm³/mol. The molecule has 2 aromatic rings. The van der Waals surface area contributed by atoms with Crippen LogP contribution in [0.4, 0.5) is 0 Å². The summed E-state index contributed by atoms with van der Waals surface area (Å²) in [5.41, 5.74) is 0.894. The number of hydrogen-bond donors (Lipinski definition) is 1. The number of nitrogens with zero attached hydrogens (tertiary/aromatic N) is 1. The first kappa shape index (κ1) is 15.3. The number of aromatic nitrogens is 1. The van der Waals surface area contributed by atoms with Crippen LogP contribution in [0.3, 0.4) is 0 Å². The van der Waals surface area contributed by atoms with E-state index in [0.29, 0.717) is 6.54 Å². The van der Waals surface area contributed by atoms with Gasteiger partial charge in [-0.25, -0.2) is 0 Å². The van der Waals surface area contributed by atoms with Crippen LogP contribution in [-0.2, 0) is 4.79 Å². The minimum Gasteiger partial charge on any atom is -0.356 e. The fraction of sp³-hybridized carbons (Fsp3) is 0.412. The van der Waals surface area contributed by atoms with Crippen molar-refractivity contribution in [3.8, 4) is 0 Å². The molecule has 1 amide bonds. The molecule has 21 heavy (non-hydrogen) atoms. The van der Waals surface area contributed by atoms with E-state index in [1.54, 1.807) is 10.8 Å². The van der Waals surface area contributed by atoms with E-state index in [4.69, 9.17) is 0 Å². The highest BCUT2D eigenvalue weighted by Gasteiger charge is 2.10. The summed E-state index contributed by atoms with van der Waals surface area (Å²) in [6.45, 7) is 2.83. The Labute approximate surface area is 125 Å². The molecule has 0 aliphatic rings. The maximum absolute atomic E-state index is 12.2. The molecule has 0 atom stereocenters. The van der Waals surface area contributed by atoms with Gasteiger partial charge >= 0.3 is 0 Å². The van der Waals surface area contributed by atoms with Crippen LogP contribution < -0.4 is 5.32 Å². The summed E-state index contributed by atoms with van der Waals surface area (Å²) >= 11 is 0. The summed E-state index contributed by atoms with van der Waals surface area (Å²) in [4.78, 5) is 23.9. The molecule has 0 spiro atoms. The Balaban J connectivity index is 1.83. The second-order valence-electron chi connectivity index (χ2n) is 5.20. The topological polar surface area (TPSA) is 51.1 Å². The standard InChI is InChI=1S/C17H22N2O2/c1-2-3-6-12-18-16(20)9-10-17(21)19-13-11-14-7-4-5-8-15(14)19/h4-5,7-8,11,13H,2-3,6,9-10,12H2,1H3,(H,18,20). The van der Waals surface area contributed by atoms with Crippen molar-refractivity contribution in [2.75, 3.05) is 6.54 Å². The number of hydrogen-bond acceptors (Lipinski definition) is 2. The lowest BCUT2D eigenvalue weighted by molar-refractivity contribution is -0.121. The fourth-order valence-corrected chi connectivity index (χ4v) is 2.33. The van der Waals surface area contributed by atoms with Gasteiger partial charge < -0.3 is 5.32 Å². The molecule has 0 saturated carbocycles. The molecule has 4 nitrogen and oxygen atoms in total. The Kier molecular flexibility index (Phi) is 5.55. The number of fused-ring (bicyclic) bond motifs is 1. The van der Waals surface area contributed by atoms with Crippen molar-refractivity contribution in [3.63, 3.8) is 0 Å². The molecule has 0 saturated heterocycles. The van der Waals surface area contributed by atoms with Gasteiger partial charge in [0.05, 0.1) is 5.52 Å². The van der Waals surface area contributed by atoms with Crippen LogP contribution >= 0.6 is 0 Å². The number of benzene rings is 1. The summed E-state index contributed by atoms with van der Waals surface area (Å²) in [5, 5.41) is 3.89. The maximum Gasteiger partial charge on any atom is 0.231 e. The third-order valence-corrected chi connectivity index (χ3v) is 3.54. The van der Waals surface area contributed by atoms with Crippen LogP contribution in [0.1, 0.15) is 43.8 Å². The first-order valence-electron chi connectivity index (χ1n) is 7.58. The van der Waals surface area contributed by atoms with Crippen molar-refractivity contribution in [2.24, 2.45) is 0 Å². The molecule has 0 unspecified atom stereocenters. The minimum atomic E-state index is -0.0454. The molecule has 2 rings (SSSR count). The first-order chi connectivity index (χ1) is 10.2. The van der Waals surface area contributed by atoms with Gasteiger partial charge in [0.15, 0.2) is 0 Å². The minimum absolute atomic E-state index is 0.0418. The summed E-state index contributed by atoms with van der Waals surface area (Å²) in [6, 6.07) is 9.66.